The maximum absolute atomic E-state index is 2.60. The van der Waals surface area contributed by atoms with Gasteiger partial charge in [0.1, 0.15) is 0 Å². The average molecular weight is 155 g/mol. The first-order valence-corrected chi connectivity index (χ1v) is 5.05. The van der Waals surface area contributed by atoms with E-state index in [1.807, 2.05) is 0 Å². The Morgan fingerprint density at radius 3 is 2.45 bits per heavy atom. The van der Waals surface area contributed by atoms with Gasteiger partial charge in [-0.1, -0.05) is 20.3 Å². The zero-order valence-corrected chi connectivity index (χ0v) is 7.97. The van der Waals surface area contributed by atoms with E-state index < -0.39 is 0 Å². The Morgan fingerprint density at radius 1 is 1.27 bits per heavy atom. The fourth-order valence-electron chi connectivity index (χ4n) is 1.61. The summed E-state index contributed by atoms with van der Waals surface area (Å²) < 4.78 is 0. The second-order valence-corrected chi connectivity index (χ2v) is 3.85. The average Bonchev–Trinajstić information content (AvgIpc) is 2.52. The molecule has 1 aliphatic rings. The van der Waals surface area contributed by atoms with Gasteiger partial charge in [-0.2, -0.15) is 0 Å². The minimum absolute atomic E-state index is 0.926. The summed E-state index contributed by atoms with van der Waals surface area (Å²) in [6.45, 7) is 8.70. The highest BCUT2D eigenvalue weighted by molar-refractivity contribution is 4.66. The van der Waals surface area contributed by atoms with Crippen LogP contribution in [0.1, 0.15) is 39.5 Å². The van der Waals surface area contributed by atoms with Crippen LogP contribution in [0.4, 0.5) is 0 Å². The second kappa shape index (κ2) is 4.76. The Bertz CT molecular complexity index is 95.0. The van der Waals surface area contributed by atoms with Gasteiger partial charge in [0.05, 0.1) is 0 Å². The normalized spacial score (nSPS) is 22.4. The molecule has 0 aromatic carbocycles. The zero-order chi connectivity index (χ0) is 8.10. The molecule has 0 saturated carbocycles. The molecule has 1 unspecified atom stereocenters. The highest BCUT2D eigenvalue weighted by Gasteiger charge is 2.11. The quantitative estimate of drug-likeness (QED) is 0.603. The Labute approximate surface area is 70.8 Å². The van der Waals surface area contributed by atoms with Gasteiger partial charge in [-0.3, -0.25) is 0 Å². The lowest BCUT2D eigenvalue weighted by Gasteiger charge is -2.16. The van der Waals surface area contributed by atoms with Gasteiger partial charge in [0.2, 0.25) is 0 Å². The van der Waals surface area contributed by atoms with Crippen LogP contribution in [0.3, 0.4) is 0 Å². The van der Waals surface area contributed by atoms with Crippen molar-refractivity contribution in [1.82, 2.24) is 4.90 Å². The maximum atomic E-state index is 2.60. The summed E-state index contributed by atoms with van der Waals surface area (Å²) in [7, 11) is 0. The molecule has 0 amide bonds. The fraction of sp³-hybridized carbons (Fsp3) is 1.00. The van der Waals surface area contributed by atoms with Gasteiger partial charge in [-0.05, 0) is 44.8 Å². The van der Waals surface area contributed by atoms with E-state index in [0.717, 1.165) is 5.92 Å². The molecule has 0 aromatic heterocycles. The molecule has 1 aliphatic heterocycles. The van der Waals surface area contributed by atoms with Crippen LogP contribution in [-0.2, 0) is 0 Å². The van der Waals surface area contributed by atoms with E-state index >= 15 is 0 Å². The van der Waals surface area contributed by atoms with Crippen LogP contribution in [0.15, 0.2) is 0 Å². The lowest BCUT2D eigenvalue weighted by Crippen LogP contribution is -2.21. The molecular weight excluding hydrogens is 134 g/mol. The summed E-state index contributed by atoms with van der Waals surface area (Å²) in [6, 6.07) is 0. The number of hydrogen-bond donors (Lipinski definition) is 0. The molecule has 1 saturated heterocycles. The van der Waals surface area contributed by atoms with Gasteiger partial charge < -0.3 is 4.90 Å². The van der Waals surface area contributed by atoms with Crippen LogP contribution >= 0.6 is 0 Å². The van der Waals surface area contributed by atoms with Gasteiger partial charge in [0, 0.05) is 0 Å². The minimum Gasteiger partial charge on any atom is -0.303 e. The molecule has 0 aliphatic carbocycles. The molecule has 1 rings (SSSR count). The van der Waals surface area contributed by atoms with Crippen LogP contribution in [0, 0.1) is 5.92 Å². The van der Waals surface area contributed by atoms with E-state index in [1.165, 1.54) is 45.3 Å². The molecule has 0 radical (unpaired) electrons. The summed E-state index contributed by atoms with van der Waals surface area (Å²) in [5.74, 6) is 0.926. The summed E-state index contributed by atoms with van der Waals surface area (Å²) >= 11 is 0. The minimum atomic E-state index is 0.926. The first-order chi connectivity index (χ1) is 5.33. The fourth-order valence-corrected chi connectivity index (χ4v) is 1.61. The molecule has 0 aromatic rings. The predicted molar refractivity (Wildman–Crippen MR) is 49.7 cm³/mol. The molecule has 1 nitrogen and oxygen atoms in total. The molecule has 0 N–H and O–H groups in total. The number of hydrogen-bond acceptors (Lipinski definition) is 1. The summed E-state index contributed by atoms with van der Waals surface area (Å²) in [6.07, 6.45) is 5.60. The molecule has 1 atom stereocenters. The molecular formula is C10H21N. The third-order valence-electron chi connectivity index (χ3n) is 2.83. The van der Waals surface area contributed by atoms with E-state index in [0.29, 0.717) is 0 Å². The van der Waals surface area contributed by atoms with Crippen molar-refractivity contribution in [2.45, 2.75) is 39.5 Å². The molecule has 1 fully saturated rings. The van der Waals surface area contributed by atoms with Crippen molar-refractivity contribution in [2.24, 2.45) is 5.92 Å². The van der Waals surface area contributed by atoms with Gasteiger partial charge >= 0.3 is 0 Å². The third-order valence-corrected chi connectivity index (χ3v) is 2.83. The number of nitrogens with zero attached hydrogens (tertiary/aromatic N) is 1. The topological polar surface area (TPSA) is 3.24 Å². The smallest absolute Gasteiger partial charge is 0.00162 e. The lowest BCUT2D eigenvalue weighted by molar-refractivity contribution is 0.306. The van der Waals surface area contributed by atoms with Crippen LogP contribution in [0.25, 0.3) is 0 Å². The first kappa shape index (κ1) is 9.05. The first-order valence-electron chi connectivity index (χ1n) is 5.05. The third kappa shape index (κ3) is 3.24. The Kier molecular flexibility index (Phi) is 3.92. The monoisotopic (exact) mass is 155 g/mol. The summed E-state index contributed by atoms with van der Waals surface area (Å²) in [5, 5.41) is 0. The van der Waals surface area contributed by atoms with E-state index in [2.05, 4.69) is 18.7 Å². The highest BCUT2D eigenvalue weighted by atomic mass is 15.1. The van der Waals surface area contributed by atoms with Crippen LogP contribution < -0.4 is 0 Å². The lowest BCUT2D eigenvalue weighted by atomic mass is 10.1. The van der Waals surface area contributed by atoms with Crippen molar-refractivity contribution in [2.75, 3.05) is 19.6 Å². The molecule has 11 heavy (non-hydrogen) atoms. The van der Waals surface area contributed by atoms with Crippen molar-refractivity contribution in [3.05, 3.63) is 0 Å². The van der Waals surface area contributed by atoms with Crippen molar-refractivity contribution in [3.63, 3.8) is 0 Å². The van der Waals surface area contributed by atoms with Crippen LogP contribution in [0.2, 0.25) is 0 Å². The van der Waals surface area contributed by atoms with Crippen molar-refractivity contribution in [3.8, 4) is 0 Å². The molecule has 0 spiro atoms. The van der Waals surface area contributed by atoms with Gasteiger partial charge in [0.25, 0.3) is 0 Å². The van der Waals surface area contributed by atoms with E-state index in [9.17, 15) is 0 Å². The Morgan fingerprint density at radius 2 is 1.91 bits per heavy atom. The molecule has 66 valence electrons. The SMILES string of the molecule is CCC(C)CCN1CCCC1. The van der Waals surface area contributed by atoms with Crippen molar-refractivity contribution >= 4 is 0 Å². The van der Waals surface area contributed by atoms with E-state index in [-0.39, 0.29) is 0 Å². The van der Waals surface area contributed by atoms with E-state index in [1.54, 1.807) is 0 Å². The standard InChI is InChI=1S/C10H21N/c1-3-10(2)6-9-11-7-4-5-8-11/h10H,3-9H2,1-2H3. The molecule has 0 bridgehead atoms. The zero-order valence-electron chi connectivity index (χ0n) is 7.97. The number of likely N-dealkylation sites (tertiary alicyclic amines) is 1. The summed E-state index contributed by atoms with van der Waals surface area (Å²) in [5.41, 5.74) is 0. The number of rotatable bonds is 4. The van der Waals surface area contributed by atoms with Crippen LogP contribution in [0.5, 0.6) is 0 Å². The predicted octanol–water partition coefficient (Wildman–Crippen LogP) is 2.52. The molecule has 1 heteroatoms. The van der Waals surface area contributed by atoms with Crippen molar-refractivity contribution < 1.29 is 0 Å². The molecule has 1 heterocycles. The van der Waals surface area contributed by atoms with Gasteiger partial charge in [0.15, 0.2) is 0 Å². The van der Waals surface area contributed by atoms with Crippen LogP contribution in [-0.4, -0.2) is 24.5 Å². The Hall–Kier alpha value is -0.0400. The van der Waals surface area contributed by atoms with Crippen molar-refractivity contribution in [1.29, 1.82) is 0 Å². The largest absolute Gasteiger partial charge is 0.303 e. The Balaban J connectivity index is 2.01. The second-order valence-electron chi connectivity index (χ2n) is 3.85. The van der Waals surface area contributed by atoms with E-state index in [4.69, 9.17) is 0 Å². The maximum Gasteiger partial charge on any atom is -0.00162 e. The highest BCUT2D eigenvalue weighted by Crippen LogP contribution is 2.12. The van der Waals surface area contributed by atoms with Gasteiger partial charge in [-0.25, -0.2) is 0 Å². The van der Waals surface area contributed by atoms with Gasteiger partial charge in [-0.15, -0.1) is 0 Å². The summed E-state index contributed by atoms with van der Waals surface area (Å²) in [4.78, 5) is 2.60.